The van der Waals surface area contributed by atoms with E-state index in [1.807, 2.05) is 18.2 Å². The van der Waals surface area contributed by atoms with Crippen LogP contribution in [0.4, 0.5) is 0 Å². The van der Waals surface area contributed by atoms with E-state index < -0.39 is 30.6 Å². The van der Waals surface area contributed by atoms with Gasteiger partial charge in [0.15, 0.2) is 12.2 Å². The summed E-state index contributed by atoms with van der Waals surface area (Å²) >= 11 is 4.89. The summed E-state index contributed by atoms with van der Waals surface area (Å²) < 4.78 is 27.3. The lowest BCUT2D eigenvalue weighted by molar-refractivity contribution is -0.229. The summed E-state index contributed by atoms with van der Waals surface area (Å²) in [6.45, 7) is 1.57. The first kappa shape index (κ1) is 14.1. The van der Waals surface area contributed by atoms with Gasteiger partial charge in [0, 0.05) is 19.1 Å². The van der Waals surface area contributed by atoms with Crippen molar-refractivity contribution in [2.24, 2.45) is 0 Å². The maximum absolute atomic E-state index is 11.3. The number of thiocarbonyl (C=S) groups is 1. The molecule has 0 N–H and O–H groups in total. The van der Waals surface area contributed by atoms with E-state index in [1.54, 1.807) is 12.1 Å². The second-order valence-corrected chi connectivity index (χ2v) is 5.03. The Labute approximate surface area is 126 Å². The number of hydrogen-bond acceptors (Lipinski definition) is 7. The van der Waals surface area contributed by atoms with Gasteiger partial charge in [-0.25, -0.2) is 0 Å². The summed E-state index contributed by atoms with van der Waals surface area (Å²) in [5, 5.41) is 0.0334. The molecule has 1 aromatic carbocycles. The molecule has 1 aromatic rings. The second-order valence-electron chi connectivity index (χ2n) is 4.70. The quantitative estimate of drug-likeness (QED) is 0.618. The third-order valence-corrected chi connectivity index (χ3v) is 3.35. The molecule has 112 valence electrons. The average Bonchev–Trinajstić information content (AvgIpc) is 2.83. The predicted octanol–water partition coefficient (Wildman–Crippen LogP) is 1.42. The molecule has 2 saturated heterocycles. The zero-order chi connectivity index (χ0) is 14.8. The fourth-order valence-corrected chi connectivity index (χ4v) is 2.54. The van der Waals surface area contributed by atoms with Crippen molar-refractivity contribution < 1.29 is 28.5 Å². The number of carbonyl (C=O) groups is 1. The van der Waals surface area contributed by atoms with Crippen LogP contribution in [0, 0.1) is 0 Å². The van der Waals surface area contributed by atoms with E-state index in [9.17, 15) is 4.79 Å². The van der Waals surface area contributed by atoms with Crippen LogP contribution in [-0.4, -0.2) is 42.4 Å². The molecule has 0 bridgehead atoms. The zero-order valence-electron chi connectivity index (χ0n) is 11.3. The van der Waals surface area contributed by atoms with Crippen LogP contribution in [0.2, 0.25) is 0 Å². The van der Waals surface area contributed by atoms with Gasteiger partial charge in [-0.15, -0.1) is 0 Å². The molecule has 0 saturated carbocycles. The van der Waals surface area contributed by atoms with Crippen molar-refractivity contribution in [2.75, 3.05) is 6.61 Å². The van der Waals surface area contributed by atoms with Gasteiger partial charge < -0.3 is 23.7 Å². The highest BCUT2D eigenvalue weighted by molar-refractivity contribution is 7.79. The Bertz CT molecular complexity index is 534. The van der Waals surface area contributed by atoms with Crippen molar-refractivity contribution >= 4 is 23.4 Å². The van der Waals surface area contributed by atoms with Gasteiger partial charge in [-0.2, -0.15) is 0 Å². The zero-order valence-corrected chi connectivity index (χ0v) is 12.1. The Balaban J connectivity index is 1.78. The minimum absolute atomic E-state index is 0.0334. The topological polar surface area (TPSA) is 63.2 Å². The molecule has 0 radical (unpaired) electrons. The lowest BCUT2D eigenvalue weighted by Gasteiger charge is -2.35. The van der Waals surface area contributed by atoms with Crippen LogP contribution in [0.25, 0.3) is 0 Å². The Morgan fingerprint density at radius 1 is 1.29 bits per heavy atom. The molecule has 0 spiro atoms. The van der Waals surface area contributed by atoms with Crippen molar-refractivity contribution in [3.63, 3.8) is 0 Å². The standard InChI is InChI=1S/C14H14O6S/c1-8(15)17-12-11-10(19-14(21)20-11)7-16-13(12)18-9-5-3-2-4-6-9/h2-6,10-13H,7H2,1H3/t10-,11-,12+,13-/m0/s1. The summed E-state index contributed by atoms with van der Waals surface area (Å²) in [6.07, 6.45) is -2.44. The lowest BCUT2D eigenvalue weighted by atomic mass is 10.1. The molecule has 0 aromatic heterocycles. The van der Waals surface area contributed by atoms with Gasteiger partial charge in [0.25, 0.3) is 0 Å². The number of hydrogen-bond donors (Lipinski definition) is 0. The smallest absolute Gasteiger partial charge is 0.353 e. The molecule has 7 heteroatoms. The number of esters is 1. The van der Waals surface area contributed by atoms with Crippen LogP contribution in [-0.2, 0) is 23.7 Å². The molecule has 2 fully saturated rings. The van der Waals surface area contributed by atoms with E-state index in [0.717, 1.165) is 0 Å². The van der Waals surface area contributed by atoms with Gasteiger partial charge in [-0.3, -0.25) is 4.79 Å². The first-order chi connectivity index (χ1) is 10.1. The van der Waals surface area contributed by atoms with E-state index in [1.165, 1.54) is 6.92 Å². The largest absolute Gasteiger partial charge is 0.461 e. The van der Waals surface area contributed by atoms with Crippen molar-refractivity contribution in [1.82, 2.24) is 0 Å². The molecule has 6 nitrogen and oxygen atoms in total. The summed E-state index contributed by atoms with van der Waals surface area (Å²) in [6, 6.07) is 9.13. The highest BCUT2D eigenvalue weighted by atomic mass is 32.1. The number of carbonyl (C=O) groups excluding carboxylic acids is 1. The summed E-state index contributed by atoms with van der Waals surface area (Å²) in [5.74, 6) is 0.159. The van der Waals surface area contributed by atoms with E-state index >= 15 is 0 Å². The Kier molecular flexibility index (Phi) is 3.94. The lowest BCUT2D eigenvalue weighted by Crippen LogP contribution is -2.55. The highest BCUT2D eigenvalue weighted by Gasteiger charge is 2.51. The molecule has 2 heterocycles. The first-order valence-corrected chi connectivity index (χ1v) is 6.92. The molecule has 2 aliphatic rings. The molecule has 21 heavy (non-hydrogen) atoms. The van der Waals surface area contributed by atoms with Crippen molar-refractivity contribution in [1.29, 1.82) is 0 Å². The van der Waals surface area contributed by atoms with E-state index in [4.69, 9.17) is 35.9 Å². The van der Waals surface area contributed by atoms with Crippen LogP contribution >= 0.6 is 12.2 Å². The average molecular weight is 310 g/mol. The summed E-state index contributed by atoms with van der Waals surface area (Å²) in [5.41, 5.74) is 0. The van der Waals surface area contributed by atoms with Crippen LogP contribution in [0.5, 0.6) is 5.75 Å². The highest BCUT2D eigenvalue weighted by Crippen LogP contribution is 2.30. The van der Waals surface area contributed by atoms with Gasteiger partial charge >= 0.3 is 11.2 Å². The fourth-order valence-electron chi connectivity index (χ4n) is 2.30. The fraction of sp³-hybridized carbons (Fsp3) is 0.429. The maximum atomic E-state index is 11.3. The third-order valence-electron chi connectivity index (χ3n) is 3.16. The number of benzene rings is 1. The Morgan fingerprint density at radius 3 is 2.76 bits per heavy atom. The normalized spacial score (nSPS) is 30.8. The maximum Gasteiger partial charge on any atom is 0.353 e. The Morgan fingerprint density at radius 2 is 2.05 bits per heavy atom. The van der Waals surface area contributed by atoms with Crippen LogP contribution in [0.3, 0.4) is 0 Å². The van der Waals surface area contributed by atoms with Crippen molar-refractivity contribution in [2.45, 2.75) is 31.5 Å². The monoisotopic (exact) mass is 310 g/mol. The van der Waals surface area contributed by atoms with E-state index in [0.29, 0.717) is 5.75 Å². The number of rotatable bonds is 3. The Hall–Kier alpha value is -1.86. The minimum Gasteiger partial charge on any atom is -0.461 e. The number of para-hydroxylation sites is 1. The van der Waals surface area contributed by atoms with Gasteiger partial charge in [0.2, 0.25) is 12.4 Å². The molecular weight excluding hydrogens is 296 g/mol. The van der Waals surface area contributed by atoms with Gasteiger partial charge in [0.05, 0.1) is 6.61 Å². The molecule has 2 aliphatic heterocycles. The minimum atomic E-state index is -0.776. The van der Waals surface area contributed by atoms with Gasteiger partial charge in [-0.05, 0) is 12.1 Å². The molecule has 3 rings (SSSR count). The SMILES string of the molecule is CC(=O)O[C@H]1[C@H](Oc2ccccc2)OC[C@@H]2OC(=S)O[C@H]12. The van der Waals surface area contributed by atoms with Crippen molar-refractivity contribution in [3.8, 4) is 5.75 Å². The van der Waals surface area contributed by atoms with E-state index in [-0.39, 0.29) is 11.8 Å². The van der Waals surface area contributed by atoms with Crippen molar-refractivity contribution in [3.05, 3.63) is 30.3 Å². The van der Waals surface area contributed by atoms with Gasteiger partial charge in [-0.1, -0.05) is 18.2 Å². The van der Waals surface area contributed by atoms with Crippen LogP contribution in [0.15, 0.2) is 30.3 Å². The molecule has 0 amide bonds. The third kappa shape index (κ3) is 3.08. The van der Waals surface area contributed by atoms with Crippen LogP contribution in [0.1, 0.15) is 6.92 Å². The van der Waals surface area contributed by atoms with Gasteiger partial charge in [0.1, 0.15) is 5.75 Å². The molecule has 4 atom stereocenters. The number of ether oxygens (including phenoxy) is 5. The first-order valence-electron chi connectivity index (χ1n) is 6.51. The summed E-state index contributed by atoms with van der Waals surface area (Å²) in [4.78, 5) is 11.3. The van der Waals surface area contributed by atoms with Crippen LogP contribution < -0.4 is 4.74 Å². The second kappa shape index (κ2) is 5.87. The predicted molar refractivity (Wildman–Crippen MR) is 74.7 cm³/mol. The molecule has 0 unspecified atom stereocenters. The van der Waals surface area contributed by atoms with E-state index in [2.05, 4.69) is 0 Å². The number of fused-ring (bicyclic) bond motifs is 1. The molecule has 0 aliphatic carbocycles. The summed E-state index contributed by atoms with van der Waals surface area (Å²) in [7, 11) is 0. The molecular formula is C14H14O6S.